The molecule has 3 aromatic rings. The summed E-state index contributed by atoms with van der Waals surface area (Å²) in [7, 11) is 1.74. The average molecular weight is 410 g/mol. The number of amides is 2. The summed E-state index contributed by atoms with van der Waals surface area (Å²) >= 11 is 7.39. The van der Waals surface area contributed by atoms with Gasteiger partial charge in [-0.3, -0.25) is 9.59 Å². The van der Waals surface area contributed by atoms with Crippen LogP contribution in [0.15, 0.2) is 70.7 Å². The highest BCUT2D eigenvalue weighted by Crippen LogP contribution is 2.41. The number of benzene rings is 2. The van der Waals surface area contributed by atoms with Crippen molar-refractivity contribution in [2.75, 3.05) is 17.3 Å². The van der Waals surface area contributed by atoms with Crippen LogP contribution in [0.3, 0.4) is 0 Å². The summed E-state index contributed by atoms with van der Waals surface area (Å²) in [5.41, 5.74) is 2.86. The molecule has 1 aliphatic rings. The van der Waals surface area contributed by atoms with Gasteiger partial charge in [0.25, 0.3) is 5.91 Å². The monoisotopic (exact) mass is 409 g/mol. The second-order valence-corrected chi connectivity index (χ2v) is 7.83. The van der Waals surface area contributed by atoms with E-state index in [0.717, 1.165) is 16.1 Å². The number of aromatic nitrogens is 1. The molecule has 0 spiro atoms. The fourth-order valence-corrected chi connectivity index (χ4v) is 4.31. The fourth-order valence-electron chi connectivity index (χ4n) is 3.02. The largest absolute Gasteiger partial charge is 0.326 e. The zero-order valence-electron chi connectivity index (χ0n) is 15.0. The van der Waals surface area contributed by atoms with Gasteiger partial charge in [-0.15, -0.1) is 0 Å². The van der Waals surface area contributed by atoms with E-state index in [4.69, 9.17) is 11.6 Å². The Morgan fingerprint density at radius 2 is 2.04 bits per heavy atom. The van der Waals surface area contributed by atoms with Crippen LogP contribution in [0, 0.1) is 0 Å². The summed E-state index contributed by atoms with van der Waals surface area (Å²) < 4.78 is 0. The van der Waals surface area contributed by atoms with Crippen molar-refractivity contribution in [1.82, 2.24) is 4.98 Å². The van der Waals surface area contributed by atoms with Gasteiger partial charge in [-0.25, -0.2) is 4.98 Å². The smallest absolute Gasteiger partial charge is 0.260 e. The predicted octanol–water partition coefficient (Wildman–Crippen LogP) is 4.66. The molecule has 2 amide bonds. The highest BCUT2D eigenvalue weighted by atomic mass is 35.5. The molecular formula is C21H16ClN3O2S. The van der Waals surface area contributed by atoms with E-state index in [0.29, 0.717) is 21.3 Å². The molecule has 2 aromatic carbocycles. The molecule has 5 nitrogen and oxygen atoms in total. The molecule has 1 N–H and O–H groups in total. The predicted molar refractivity (Wildman–Crippen MR) is 111 cm³/mol. The second kappa shape index (κ2) is 7.66. The first-order chi connectivity index (χ1) is 13.5. The van der Waals surface area contributed by atoms with E-state index in [9.17, 15) is 9.59 Å². The van der Waals surface area contributed by atoms with Crippen molar-refractivity contribution in [2.45, 2.75) is 16.3 Å². The third-order valence-corrected chi connectivity index (χ3v) is 5.67. The zero-order valence-corrected chi connectivity index (χ0v) is 16.6. The number of pyridine rings is 1. The topological polar surface area (TPSA) is 62.3 Å². The Bertz CT molecular complexity index is 1090. The molecule has 0 saturated carbocycles. The van der Waals surface area contributed by atoms with Crippen LogP contribution in [-0.4, -0.2) is 23.8 Å². The number of rotatable bonds is 3. The van der Waals surface area contributed by atoms with Crippen LogP contribution < -0.4 is 10.2 Å². The molecule has 0 aliphatic carbocycles. The van der Waals surface area contributed by atoms with Crippen LogP contribution in [-0.2, 0) is 11.2 Å². The lowest BCUT2D eigenvalue weighted by Gasteiger charge is -2.18. The van der Waals surface area contributed by atoms with Gasteiger partial charge in [0, 0.05) is 28.9 Å². The van der Waals surface area contributed by atoms with Gasteiger partial charge >= 0.3 is 0 Å². The first kappa shape index (κ1) is 18.5. The minimum Gasteiger partial charge on any atom is -0.326 e. The maximum atomic E-state index is 12.7. The van der Waals surface area contributed by atoms with E-state index in [1.165, 1.54) is 11.8 Å². The number of fused-ring (bicyclic) bond motifs is 2. The fraction of sp³-hybridized carbons (Fsp3) is 0.0952. The quantitative estimate of drug-likeness (QED) is 0.683. The van der Waals surface area contributed by atoms with Gasteiger partial charge in [-0.1, -0.05) is 35.5 Å². The summed E-state index contributed by atoms with van der Waals surface area (Å²) in [6, 6.07) is 16.2. The Kier molecular flexibility index (Phi) is 5.07. The highest BCUT2D eigenvalue weighted by Gasteiger charge is 2.25. The summed E-state index contributed by atoms with van der Waals surface area (Å²) in [5, 5.41) is 4.17. The lowest BCUT2D eigenvalue weighted by atomic mass is 10.1. The third kappa shape index (κ3) is 3.74. The van der Waals surface area contributed by atoms with Crippen LogP contribution in [0.5, 0.6) is 0 Å². The van der Waals surface area contributed by atoms with E-state index < -0.39 is 0 Å². The molecule has 0 saturated heterocycles. The lowest BCUT2D eigenvalue weighted by Crippen LogP contribution is -2.26. The normalized spacial score (nSPS) is 12.8. The Morgan fingerprint density at radius 3 is 2.86 bits per heavy atom. The van der Waals surface area contributed by atoms with Crippen LogP contribution in [0.4, 0.5) is 11.4 Å². The molecule has 7 heteroatoms. The minimum absolute atomic E-state index is 0.105. The molecule has 0 radical (unpaired) electrons. The Morgan fingerprint density at radius 1 is 1.18 bits per heavy atom. The molecule has 1 aliphatic heterocycles. The molecule has 0 fully saturated rings. The summed E-state index contributed by atoms with van der Waals surface area (Å²) in [6.45, 7) is 0. The molecule has 140 valence electrons. The van der Waals surface area contributed by atoms with Crippen molar-refractivity contribution in [1.29, 1.82) is 0 Å². The van der Waals surface area contributed by atoms with E-state index in [-0.39, 0.29) is 18.2 Å². The number of carbonyl (C=O) groups excluding carboxylic acids is 2. The molecule has 0 bridgehead atoms. The first-order valence-corrected chi connectivity index (χ1v) is 9.80. The number of nitrogens with zero attached hydrogens (tertiary/aromatic N) is 2. The summed E-state index contributed by atoms with van der Waals surface area (Å²) in [6.07, 6.45) is 1.90. The lowest BCUT2D eigenvalue weighted by molar-refractivity contribution is -0.115. The number of anilines is 2. The van der Waals surface area contributed by atoms with E-state index in [1.807, 2.05) is 24.3 Å². The Hall–Kier alpha value is -2.83. The van der Waals surface area contributed by atoms with Crippen molar-refractivity contribution < 1.29 is 9.59 Å². The molecule has 4 rings (SSSR count). The average Bonchev–Trinajstić information content (AvgIpc) is 2.77. The number of hydrogen-bond acceptors (Lipinski definition) is 4. The van der Waals surface area contributed by atoms with Crippen molar-refractivity contribution >= 4 is 46.6 Å². The second-order valence-electron chi connectivity index (χ2n) is 6.36. The Labute approximate surface area is 171 Å². The first-order valence-electron chi connectivity index (χ1n) is 8.60. The molecular weight excluding hydrogens is 394 g/mol. The third-order valence-electron chi connectivity index (χ3n) is 4.37. The van der Waals surface area contributed by atoms with Gasteiger partial charge in [0.1, 0.15) is 5.03 Å². The van der Waals surface area contributed by atoms with Gasteiger partial charge in [0.05, 0.1) is 17.7 Å². The van der Waals surface area contributed by atoms with Crippen molar-refractivity contribution in [3.05, 3.63) is 76.9 Å². The van der Waals surface area contributed by atoms with E-state index in [1.54, 1.807) is 48.5 Å². The molecule has 0 atom stereocenters. The van der Waals surface area contributed by atoms with Crippen molar-refractivity contribution in [3.8, 4) is 0 Å². The van der Waals surface area contributed by atoms with Crippen LogP contribution >= 0.6 is 23.4 Å². The van der Waals surface area contributed by atoms with Gasteiger partial charge in [0.15, 0.2) is 0 Å². The standard InChI is InChI=1S/C21H16ClN3O2S/c1-25-17-8-7-15(24-19(26)11-13-4-2-5-14(22)10-13)12-18(17)28-20-16(21(25)27)6-3-9-23-20/h2-10,12H,11H2,1H3,(H,24,26). The minimum atomic E-state index is -0.135. The molecule has 2 heterocycles. The number of hydrogen-bond donors (Lipinski definition) is 1. The number of carbonyl (C=O) groups is 2. The maximum absolute atomic E-state index is 12.7. The zero-order chi connectivity index (χ0) is 19.7. The SMILES string of the molecule is CN1C(=O)c2cccnc2Sc2cc(NC(=O)Cc3cccc(Cl)c3)ccc21. The van der Waals surface area contributed by atoms with Crippen LogP contribution in [0.1, 0.15) is 15.9 Å². The van der Waals surface area contributed by atoms with Gasteiger partial charge in [0.2, 0.25) is 5.91 Å². The maximum Gasteiger partial charge on any atom is 0.260 e. The van der Waals surface area contributed by atoms with Gasteiger partial charge < -0.3 is 10.2 Å². The van der Waals surface area contributed by atoms with Crippen molar-refractivity contribution in [2.24, 2.45) is 0 Å². The van der Waals surface area contributed by atoms with Gasteiger partial charge in [-0.05, 0) is 48.0 Å². The molecule has 28 heavy (non-hydrogen) atoms. The molecule has 1 aromatic heterocycles. The Balaban J connectivity index is 1.58. The number of nitrogens with one attached hydrogen (secondary N) is 1. The van der Waals surface area contributed by atoms with Crippen LogP contribution in [0.25, 0.3) is 0 Å². The summed E-state index contributed by atoms with van der Waals surface area (Å²) in [5.74, 6) is -0.240. The van der Waals surface area contributed by atoms with Crippen molar-refractivity contribution in [3.63, 3.8) is 0 Å². The van der Waals surface area contributed by atoms with Gasteiger partial charge in [-0.2, -0.15) is 0 Å². The highest BCUT2D eigenvalue weighted by molar-refractivity contribution is 7.99. The van der Waals surface area contributed by atoms with E-state index >= 15 is 0 Å². The molecule has 0 unspecified atom stereocenters. The summed E-state index contributed by atoms with van der Waals surface area (Å²) in [4.78, 5) is 31.9. The number of halogens is 1. The van der Waals surface area contributed by atoms with E-state index in [2.05, 4.69) is 10.3 Å². The van der Waals surface area contributed by atoms with Crippen LogP contribution in [0.2, 0.25) is 5.02 Å².